The lowest BCUT2D eigenvalue weighted by Crippen LogP contribution is -2.20. The van der Waals surface area contributed by atoms with Crippen molar-refractivity contribution in [1.29, 1.82) is 0 Å². The highest BCUT2D eigenvalue weighted by Gasteiger charge is 2.13. The van der Waals surface area contributed by atoms with Gasteiger partial charge < -0.3 is 0 Å². The second-order valence-electron chi connectivity index (χ2n) is 3.54. The molecule has 3 nitrogen and oxygen atoms in total. The molecule has 1 N–H and O–H groups in total. The number of hydrogen-bond donors (Lipinski definition) is 1. The van der Waals surface area contributed by atoms with Crippen molar-refractivity contribution in [2.45, 2.75) is 0 Å². The average Bonchev–Trinajstić information content (AvgIpc) is 2.86. The van der Waals surface area contributed by atoms with Gasteiger partial charge in [-0.3, -0.25) is 9.63 Å². The quantitative estimate of drug-likeness (QED) is 0.720. The van der Waals surface area contributed by atoms with Crippen molar-refractivity contribution in [3.8, 4) is 0 Å². The number of hydrogen-bond acceptors (Lipinski definition) is 4. The Morgan fingerprint density at radius 2 is 2.06 bits per heavy atom. The van der Waals surface area contributed by atoms with Crippen molar-refractivity contribution >= 4 is 48.1 Å². The SMILES string of the molecule is CONC(=O)c1cc2sc3ccccc3c2s1. The molecular weight excluding hydrogens is 254 g/mol. The minimum atomic E-state index is -0.190. The Bertz CT molecular complexity index is 699. The van der Waals surface area contributed by atoms with E-state index in [9.17, 15) is 4.79 Å². The summed E-state index contributed by atoms with van der Waals surface area (Å²) in [7, 11) is 1.43. The van der Waals surface area contributed by atoms with E-state index in [1.165, 1.54) is 33.2 Å². The molecule has 17 heavy (non-hydrogen) atoms. The van der Waals surface area contributed by atoms with Crippen LogP contribution >= 0.6 is 22.7 Å². The Kier molecular flexibility index (Phi) is 2.58. The Labute approximate surface area is 106 Å². The Morgan fingerprint density at radius 3 is 2.88 bits per heavy atom. The third-order valence-electron chi connectivity index (χ3n) is 2.47. The van der Waals surface area contributed by atoms with Gasteiger partial charge in [-0.25, -0.2) is 5.48 Å². The molecule has 5 heteroatoms. The van der Waals surface area contributed by atoms with Gasteiger partial charge in [0.15, 0.2) is 0 Å². The molecule has 0 bridgehead atoms. The molecule has 0 aliphatic heterocycles. The molecule has 0 aliphatic rings. The summed E-state index contributed by atoms with van der Waals surface area (Å²) >= 11 is 3.21. The monoisotopic (exact) mass is 263 g/mol. The highest BCUT2D eigenvalue weighted by molar-refractivity contribution is 7.33. The summed E-state index contributed by atoms with van der Waals surface area (Å²) in [6.45, 7) is 0. The molecule has 86 valence electrons. The van der Waals surface area contributed by atoms with Crippen LogP contribution in [-0.2, 0) is 4.84 Å². The fraction of sp³-hybridized carbons (Fsp3) is 0.0833. The summed E-state index contributed by atoms with van der Waals surface area (Å²) in [6.07, 6.45) is 0. The molecule has 0 fully saturated rings. The second kappa shape index (κ2) is 4.10. The van der Waals surface area contributed by atoms with Crippen LogP contribution in [0, 0.1) is 0 Å². The first-order chi connectivity index (χ1) is 8.29. The highest BCUT2D eigenvalue weighted by Crippen LogP contribution is 2.39. The van der Waals surface area contributed by atoms with Crippen molar-refractivity contribution in [3.63, 3.8) is 0 Å². The van der Waals surface area contributed by atoms with Gasteiger partial charge >= 0.3 is 0 Å². The molecule has 0 unspecified atom stereocenters. The van der Waals surface area contributed by atoms with E-state index in [4.69, 9.17) is 0 Å². The van der Waals surface area contributed by atoms with Crippen LogP contribution in [0.3, 0.4) is 0 Å². The van der Waals surface area contributed by atoms with Crippen LogP contribution in [0.1, 0.15) is 9.67 Å². The second-order valence-corrected chi connectivity index (χ2v) is 5.67. The van der Waals surface area contributed by atoms with Gasteiger partial charge in [-0.05, 0) is 12.1 Å². The molecule has 3 aromatic rings. The number of hydroxylamine groups is 1. The van der Waals surface area contributed by atoms with Gasteiger partial charge in [0.2, 0.25) is 0 Å². The number of thiophene rings is 2. The molecule has 0 aliphatic carbocycles. The van der Waals surface area contributed by atoms with Crippen molar-refractivity contribution in [3.05, 3.63) is 35.2 Å². The van der Waals surface area contributed by atoms with Crippen molar-refractivity contribution in [2.75, 3.05) is 7.11 Å². The van der Waals surface area contributed by atoms with Gasteiger partial charge in [-0.1, -0.05) is 18.2 Å². The molecule has 0 atom stereocenters. The molecular formula is C12H9NO2S2. The normalized spacial score (nSPS) is 11.1. The van der Waals surface area contributed by atoms with Crippen molar-refractivity contribution in [1.82, 2.24) is 5.48 Å². The first-order valence-electron chi connectivity index (χ1n) is 5.04. The standard InChI is InChI=1S/C12H9NO2S2/c1-15-13-12(14)10-6-9-11(17-10)7-4-2-3-5-8(7)16-9/h2-6H,1H3,(H,13,14). The molecule has 2 heterocycles. The largest absolute Gasteiger partial charge is 0.284 e. The lowest BCUT2D eigenvalue weighted by molar-refractivity contribution is 0.0542. The fourth-order valence-electron chi connectivity index (χ4n) is 1.75. The molecule has 0 radical (unpaired) electrons. The van der Waals surface area contributed by atoms with Crippen LogP contribution in [0.15, 0.2) is 30.3 Å². The first-order valence-corrected chi connectivity index (χ1v) is 6.67. The minimum absolute atomic E-state index is 0.190. The number of nitrogens with one attached hydrogen (secondary N) is 1. The lowest BCUT2D eigenvalue weighted by Gasteiger charge is -1.96. The summed E-state index contributed by atoms with van der Waals surface area (Å²) in [5.41, 5.74) is 2.34. The van der Waals surface area contributed by atoms with Crippen LogP contribution in [0.2, 0.25) is 0 Å². The maximum Gasteiger partial charge on any atom is 0.284 e. The van der Waals surface area contributed by atoms with Crippen LogP contribution in [-0.4, -0.2) is 13.0 Å². The third kappa shape index (κ3) is 1.72. The minimum Gasteiger partial charge on any atom is -0.277 e. The molecule has 2 aromatic heterocycles. The Balaban J connectivity index is 2.17. The summed E-state index contributed by atoms with van der Waals surface area (Å²) in [4.78, 5) is 16.9. The van der Waals surface area contributed by atoms with Gasteiger partial charge in [0, 0.05) is 14.8 Å². The molecule has 3 rings (SSSR count). The summed E-state index contributed by atoms with van der Waals surface area (Å²) in [5.74, 6) is -0.190. The van der Waals surface area contributed by atoms with Gasteiger partial charge in [0.05, 0.1) is 16.7 Å². The zero-order valence-corrected chi connectivity index (χ0v) is 10.7. The van der Waals surface area contributed by atoms with E-state index in [0.29, 0.717) is 4.88 Å². The van der Waals surface area contributed by atoms with Crippen LogP contribution in [0.25, 0.3) is 19.5 Å². The van der Waals surface area contributed by atoms with E-state index in [0.717, 1.165) is 4.70 Å². The Hall–Kier alpha value is -1.43. The predicted molar refractivity (Wildman–Crippen MR) is 71.7 cm³/mol. The van der Waals surface area contributed by atoms with Gasteiger partial charge in [0.1, 0.15) is 0 Å². The van der Waals surface area contributed by atoms with Crippen LogP contribution < -0.4 is 5.48 Å². The van der Waals surface area contributed by atoms with E-state index < -0.39 is 0 Å². The van der Waals surface area contributed by atoms with E-state index in [-0.39, 0.29) is 5.91 Å². The first kappa shape index (κ1) is 10.7. The summed E-state index contributed by atoms with van der Waals surface area (Å²) < 4.78 is 3.58. The molecule has 1 aromatic carbocycles. The van der Waals surface area contributed by atoms with Gasteiger partial charge in [0.25, 0.3) is 5.91 Å². The van der Waals surface area contributed by atoms with E-state index >= 15 is 0 Å². The zero-order valence-electron chi connectivity index (χ0n) is 9.02. The van der Waals surface area contributed by atoms with Gasteiger partial charge in [-0.15, -0.1) is 22.7 Å². The highest BCUT2D eigenvalue weighted by atomic mass is 32.1. The number of amides is 1. The summed E-state index contributed by atoms with van der Waals surface area (Å²) in [5, 5.41) is 1.22. The molecule has 1 amide bonds. The van der Waals surface area contributed by atoms with E-state index in [1.54, 1.807) is 11.3 Å². The van der Waals surface area contributed by atoms with E-state index in [2.05, 4.69) is 22.5 Å². The summed E-state index contributed by atoms with van der Waals surface area (Å²) in [6, 6.07) is 10.1. The molecule has 0 saturated heterocycles. The van der Waals surface area contributed by atoms with Crippen LogP contribution in [0.4, 0.5) is 0 Å². The maximum absolute atomic E-state index is 11.6. The number of carbonyl (C=O) groups excluding carboxylic acids is 1. The van der Waals surface area contributed by atoms with E-state index in [1.807, 2.05) is 18.2 Å². The number of rotatable bonds is 2. The topological polar surface area (TPSA) is 38.3 Å². The fourth-order valence-corrected chi connectivity index (χ4v) is 4.17. The number of fused-ring (bicyclic) bond motifs is 3. The van der Waals surface area contributed by atoms with Crippen LogP contribution in [0.5, 0.6) is 0 Å². The maximum atomic E-state index is 11.6. The third-order valence-corrected chi connectivity index (χ3v) is 4.88. The Morgan fingerprint density at radius 1 is 1.24 bits per heavy atom. The smallest absolute Gasteiger partial charge is 0.277 e. The lowest BCUT2D eigenvalue weighted by atomic mass is 10.2. The average molecular weight is 263 g/mol. The van der Waals surface area contributed by atoms with Crippen molar-refractivity contribution < 1.29 is 9.63 Å². The number of benzene rings is 1. The zero-order chi connectivity index (χ0) is 11.8. The molecule has 0 spiro atoms. The predicted octanol–water partition coefficient (Wildman–Crippen LogP) is 3.41. The molecule has 0 saturated carbocycles. The number of carbonyl (C=O) groups is 1. The van der Waals surface area contributed by atoms with Gasteiger partial charge in [-0.2, -0.15) is 0 Å². The van der Waals surface area contributed by atoms with Crippen molar-refractivity contribution in [2.24, 2.45) is 0 Å².